The summed E-state index contributed by atoms with van der Waals surface area (Å²) in [5.74, 6) is 0.742. The first-order valence-electron chi connectivity index (χ1n) is 8.61. The summed E-state index contributed by atoms with van der Waals surface area (Å²) in [6.45, 7) is 6.46. The molecule has 0 N–H and O–H groups in total. The molecule has 2 rings (SSSR count). The van der Waals surface area contributed by atoms with E-state index in [1.807, 2.05) is 6.92 Å². The summed E-state index contributed by atoms with van der Waals surface area (Å²) < 4.78 is 31.3. The van der Waals surface area contributed by atoms with Gasteiger partial charge in [-0.05, 0) is 70.1 Å². The number of hydrogen-bond acceptors (Lipinski definition) is 4. The molecule has 23 heavy (non-hydrogen) atoms. The highest BCUT2D eigenvalue weighted by Crippen LogP contribution is 2.38. The largest absolute Gasteiger partial charge is 0.494 e. The molecule has 1 saturated heterocycles. The second-order valence-electron chi connectivity index (χ2n) is 6.52. The highest BCUT2D eigenvalue weighted by molar-refractivity contribution is 7.92. The lowest BCUT2D eigenvalue weighted by molar-refractivity contribution is 0.228. The van der Waals surface area contributed by atoms with E-state index in [0.717, 1.165) is 31.7 Å². The number of ether oxygens (including phenoxy) is 1. The average Bonchev–Trinajstić information content (AvgIpc) is 2.56. The summed E-state index contributed by atoms with van der Waals surface area (Å²) in [6.07, 6.45) is 4.17. The number of sulfone groups is 1. The highest BCUT2D eigenvalue weighted by atomic mass is 32.2. The van der Waals surface area contributed by atoms with Crippen molar-refractivity contribution < 1.29 is 13.2 Å². The summed E-state index contributed by atoms with van der Waals surface area (Å²) in [6, 6.07) is 6.96. The van der Waals surface area contributed by atoms with Crippen LogP contribution in [0, 0.1) is 0 Å². The van der Waals surface area contributed by atoms with E-state index in [4.69, 9.17) is 4.74 Å². The molecular formula is C18H29NO3S. The molecule has 0 radical (unpaired) electrons. The minimum Gasteiger partial charge on any atom is -0.494 e. The minimum absolute atomic E-state index is 0.423. The molecule has 0 bridgehead atoms. The first-order valence-corrected chi connectivity index (χ1v) is 10.1. The predicted octanol–water partition coefficient (Wildman–Crippen LogP) is 3.51. The van der Waals surface area contributed by atoms with E-state index in [2.05, 4.69) is 18.9 Å². The number of unbranched alkanes of at least 4 members (excludes halogenated alkanes) is 1. The molecule has 1 fully saturated rings. The zero-order chi connectivity index (χ0) is 16.9. The molecule has 0 aromatic heterocycles. The zero-order valence-electron chi connectivity index (χ0n) is 14.5. The van der Waals surface area contributed by atoms with Crippen molar-refractivity contribution in [3.05, 3.63) is 24.3 Å². The van der Waals surface area contributed by atoms with Gasteiger partial charge in [-0.2, -0.15) is 0 Å². The molecule has 0 atom stereocenters. The van der Waals surface area contributed by atoms with Gasteiger partial charge >= 0.3 is 0 Å². The maximum Gasteiger partial charge on any atom is 0.184 e. The van der Waals surface area contributed by atoms with Crippen molar-refractivity contribution in [3.63, 3.8) is 0 Å². The molecule has 1 aromatic carbocycles. The summed E-state index contributed by atoms with van der Waals surface area (Å²) in [7, 11) is -1.27. The van der Waals surface area contributed by atoms with E-state index in [1.165, 1.54) is 0 Å². The molecule has 4 nitrogen and oxygen atoms in total. The van der Waals surface area contributed by atoms with Crippen LogP contribution in [0.1, 0.15) is 46.0 Å². The summed E-state index contributed by atoms with van der Waals surface area (Å²) in [5.41, 5.74) is 0. The van der Waals surface area contributed by atoms with Crippen molar-refractivity contribution >= 4 is 9.84 Å². The molecule has 1 heterocycles. The molecule has 0 unspecified atom stereocenters. The van der Waals surface area contributed by atoms with Crippen molar-refractivity contribution in [2.24, 2.45) is 0 Å². The van der Waals surface area contributed by atoms with Crippen molar-refractivity contribution in [2.45, 2.75) is 55.6 Å². The first-order chi connectivity index (χ1) is 10.9. The maximum absolute atomic E-state index is 13.2. The number of rotatable bonds is 7. The minimum atomic E-state index is -3.32. The Hall–Kier alpha value is -1.07. The lowest BCUT2D eigenvalue weighted by atomic mass is 9.93. The zero-order valence-corrected chi connectivity index (χ0v) is 15.4. The Morgan fingerprint density at radius 1 is 1.13 bits per heavy atom. The molecule has 0 amide bonds. The molecule has 0 spiro atoms. The van der Waals surface area contributed by atoms with Gasteiger partial charge in [0.1, 0.15) is 5.75 Å². The summed E-state index contributed by atoms with van der Waals surface area (Å²) >= 11 is 0. The van der Waals surface area contributed by atoms with Crippen LogP contribution < -0.4 is 4.74 Å². The Morgan fingerprint density at radius 3 is 2.26 bits per heavy atom. The van der Waals surface area contributed by atoms with E-state index >= 15 is 0 Å². The smallest absolute Gasteiger partial charge is 0.184 e. The fraction of sp³-hybridized carbons (Fsp3) is 0.667. The van der Waals surface area contributed by atoms with Crippen LogP contribution in [0.5, 0.6) is 5.75 Å². The third-order valence-corrected chi connectivity index (χ3v) is 7.74. The highest BCUT2D eigenvalue weighted by Gasteiger charge is 2.44. The summed E-state index contributed by atoms with van der Waals surface area (Å²) in [4.78, 5) is 2.63. The van der Waals surface area contributed by atoms with Gasteiger partial charge in [0, 0.05) is 0 Å². The van der Waals surface area contributed by atoms with Gasteiger partial charge in [-0.1, -0.05) is 20.3 Å². The van der Waals surface area contributed by atoms with Crippen LogP contribution in [0.25, 0.3) is 0 Å². The number of likely N-dealkylation sites (tertiary alicyclic amines) is 1. The van der Waals surface area contributed by atoms with E-state index in [0.29, 0.717) is 30.8 Å². The number of hydrogen-bond donors (Lipinski definition) is 0. The second-order valence-corrected chi connectivity index (χ2v) is 8.86. The Morgan fingerprint density at radius 2 is 1.74 bits per heavy atom. The van der Waals surface area contributed by atoms with Crippen LogP contribution in [0.15, 0.2) is 29.2 Å². The molecule has 0 saturated carbocycles. The van der Waals surface area contributed by atoms with Gasteiger partial charge in [-0.15, -0.1) is 0 Å². The van der Waals surface area contributed by atoms with Gasteiger partial charge in [0.2, 0.25) is 0 Å². The fourth-order valence-corrected chi connectivity index (χ4v) is 5.23. The third-order valence-electron chi connectivity index (χ3n) is 5.01. The summed E-state index contributed by atoms with van der Waals surface area (Å²) in [5, 5.41) is 0. The molecule has 5 heteroatoms. The predicted molar refractivity (Wildman–Crippen MR) is 93.8 cm³/mol. The van der Waals surface area contributed by atoms with Gasteiger partial charge in [-0.25, -0.2) is 8.42 Å². The van der Waals surface area contributed by atoms with Crippen molar-refractivity contribution in [2.75, 3.05) is 26.7 Å². The second kappa shape index (κ2) is 7.67. The van der Waals surface area contributed by atoms with Crippen molar-refractivity contribution in [1.82, 2.24) is 4.90 Å². The Kier molecular flexibility index (Phi) is 6.09. The average molecular weight is 340 g/mol. The first kappa shape index (κ1) is 18.3. The van der Waals surface area contributed by atoms with Gasteiger partial charge in [-0.3, -0.25) is 0 Å². The van der Waals surface area contributed by atoms with Crippen molar-refractivity contribution in [1.29, 1.82) is 0 Å². The van der Waals surface area contributed by atoms with Crippen LogP contribution in [0.2, 0.25) is 0 Å². The monoisotopic (exact) mass is 339 g/mol. The standard InChI is InChI=1S/C18H29NO3S/c1-4-6-15-22-16-7-9-17(10-8-16)23(20,21)18(5-2)11-13-19(3)14-12-18/h7-10H,4-6,11-15H2,1-3H3. The van der Waals surface area contributed by atoms with E-state index in [9.17, 15) is 8.42 Å². The van der Waals surface area contributed by atoms with Crippen LogP contribution in [-0.4, -0.2) is 44.8 Å². The Bertz CT molecular complexity index is 587. The molecule has 0 aliphatic carbocycles. The number of piperidine rings is 1. The van der Waals surface area contributed by atoms with Crippen LogP contribution >= 0.6 is 0 Å². The number of nitrogens with zero attached hydrogens (tertiary/aromatic N) is 1. The molecule has 1 aliphatic heterocycles. The van der Waals surface area contributed by atoms with Gasteiger partial charge in [0.15, 0.2) is 9.84 Å². The lowest BCUT2D eigenvalue weighted by Gasteiger charge is -2.39. The van der Waals surface area contributed by atoms with Gasteiger partial charge in [0.25, 0.3) is 0 Å². The third kappa shape index (κ3) is 3.89. The van der Waals surface area contributed by atoms with Gasteiger partial charge < -0.3 is 9.64 Å². The van der Waals surface area contributed by atoms with Crippen LogP contribution in [0.3, 0.4) is 0 Å². The topological polar surface area (TPSA) is 46.6 Å². The normalized spacial score (nSPS) is 18.7. The maximum atomic E-state index is 13.2. The van der Waals surface area contributed by atoms with Crippen molar-refractivity contribution in [3.8, 4) is 5.75 Å². The van der Waals surface area contributed by atoms with E-state index < -0.39 is 14.6 Å². The van der Waals surface area contributed by atoms with Crippen LogP contribution in [0.4, 0.5) is 0 Å². The SMILES string of the molecule is CCCCOc1ccc(S(=O)(=O)C2(CC)CCN(C)CC2)cc1. The lowest BCUT2D eigenvalue weighted by Crippen LogP contribution is -2.47. The molecule has 1 aromatic rings. The Labute approximate surface area is 140 Å². The molecule has 130 valence electrons. The Balaban J connectivity index is 2.18. The fourth-order valence-electron chi connectivity index (χ4n) is 3.14. The quantitative estimate of drug-likeness (QED) is 0.713. The molecular weight excluding hydrogens is 310 g/mol. The van der Waals surface area contributed by atoms with Gasteiger partial charge in [0.05, 0.1) is 16.2 Å². The van der Waals surface area contributed by atoms with E-state index in [1.54, 1.807) is 24.3 Å². The number of benzene rings is 1. The van der Waals surface area contributed by atoms with Crippen LogP contribution in [-0.2, 0) is 9.84 Å². The van der Waals surface area contributed by atoms with E-state index in [-0.39, 0.29) is 0 Å². The molecule has 1 aliphatic rings.